The Morgan fingerprint density at radius 1 is 1.47 bits per heavy atom. The molecule has 82 valence electrons. The summed E-state index contributed by atoms with van der Waals surface area (Å²) in [6, 6.07) is 6.13. The smallest absolute Gasteiger partial charge is 0.134 e. The van der Waals surface area contributed by atoms with Crippen LogP contribution in [0.5, 0.6) is 5.75 Å². The predicted molar refractivity (Wildman–Crippen MR) is 66.6 cm³/mol. The van der Waals surface area contributed by atoms with E-state index in [1.807, 2.05) is 6.07 Å². The van der Waals surface area contributed by atoms with Crippen molar-refractivity contribution >= 4 is 31.9 Å². The quantitative estimate of drug-likeness (QED) is 0.787. The molecule has 0 bridgehead atoms. The van der Waals surface area contributed by atoms with E-state index >= 15 is 0 Å². The summed E-state index contributed by atoms with van der Waals surface area (Å²) in [6.07, 6.45) is 1.18. The molecule has 15 heavy (non-hydrogen) atoms. The van der Waals surface area contributed by atoms with Crippen LogP contribution in [0.1, 0.15) is 12.0 Å². The van der Waals surface area contributed by atoms with Crippen LogP contribution in [0.15, 0.2) is 22.7 Å². The zero-order valence-electron chi connectivity index (χ0n) is 8.21. The normalized spacial score (nSPS) is 20.5. The van der Waals surface area contributed by atoms with E-state index in [4.69, 9.17) is 9.47 Å². The molecule has 1 fully saturated rings. The van der Waals surface area contributed by atoms with E-state index < -0.39 is 0 Å². The van der Waals surface area contributed by atoms with Crippen molar-refractivity contribution in [2.75, 3.05) is 13.2 Å². The van der Waals surface area contributed by atoms with Crippen molar-refractivity contribution in [2.24, 2.45) is 0 Å². The van der Waals surface area contributed by atoms with Gasteiger partial charge in [-0.15, -0.1) is 0 Å². The maximum Gasteiger partial charge on any atom is 0.134 e. The Hall–Kier alpha value is -0.0600. The summed E-state index contributed by atoms with van der Waals surface area (Å²) >= 11 is 6.93. The van der Waals surface area contributed by atoms with Crippen molar-refractivity contribution < 1.29 is 9.47 Å². The minimum absolute atomic E-state index is 0.205. The number of alkyl halides is 1. The molecule has 2 nitrogen and oxygen atoms in total. The third-order valence-electron chi connectivity index (χ3n) is 2.33. The van der Waals surface area contributed by atoms with Gasteiger partial charge in [-0.1, -0.05) is 22.0 Å². The van der Waals surface area contributed by atoms with Gasteiger partial charge in [-0.05, 0) is 33.6 Å². The lowest BCUT2D eigenvalue weighted by molar-refractivity contribution is 0.141. The zero-order chi connectivity index (χ0) is 10.7. The number of hydrogen-bond donors (Lipinski definition) is 0. The Kier molecular flexibility index (Phi) is 4.05. The van der Waals surface area contributed by atoms with Gasteiger partial charge in [-0.25, -0.2) is 0 Å². The Balaban J connectivity index is 2.07. The van der Waals surface area contributed by atoms with E-state index in [0.29, 0.717) is 6.61 Å². The average Bonchev–Trinajstić information content (AvgIpc) is 2.74. The third-order valence-corrected chi connectivity index (χ3v) is 3.60. The van der Waals surface area contributed by atoms with Crippen molar-refractivity contribution in [1.29, 1.82) is 0 Å². The first kappa shape index (κ1) is 11.4. The van der Waals surface area contributed by atoms with E-state index in [1.165, 1.54) is 5.56 Å². The fourth-order valence-corrected chi connectivity index (χ4v) is 2.38. The van der Waals surface area contributed by atoms with Crippen LogP contribution in [-0.2, 0) is 10.1 Å². The molecule has 1 unspecified atom stereocenters. The number of benzene rings is 1. The lowest BCUT2D eigenvalue weighted by atomic mass is 10.2. The summed E-state index contributed by atoms with van der Waals surface area (Å²) in [5.41, 5.74) is 1.23. The van der Waals surface area contributed by atoms with Gasteiger partial charge >= 0.3 is 0 Å². The van der Waals surface area contributed by atoms with Crippen LogP contribution in [0.2, 0.25) is 0 Å². The maximum absolute atomic E-state index is 5.82. The number of halogens is 2. The van der Waals surface area contributed by atoms with Gasteiger partial charge in [0.15, 0.2) is 0 Å². The van der Waals surface area contributed by atoms with Crippen LogP contribution in [0, 0.1) is 0 Å². The lowest BCUT2D eigenvalue weighted by Crippen LogP contribution is -2.15. The summed E-state index contributed by atoms with van der Waals surface area (Å²) < 4.78 is 12.1. The predicted octanol–water partition coefficient (Wildman–Crippen LogP) is 3.51. The van der Waals surface area contributed by atoms with Gasteiger partial charge in [0.05, 0.1) is 17.7 Å². The molecule has 1 atom stereocenters. The van der Waals surface area contributed by atoms with E-state index in [9.17, 15) is 0 Å². The van der Waals surface area contributed by atoms with Crippen LogP contribution in [0.4, 0.5) is 0 Å². The highest BCUT2D eigenvalue weighted by Gasteiger charge is 2.18. The van der Waals surface area contributed by atoms with Crippen LogP contribution >= 0.6 is 31.9 Å². The highest BCUT2D eigenvalue weighted by Crippen LogP contribution is 2.28. The summed E-state index contributed by atoms with van der Waals surface area (Å²) in [6.45, 7) is 1.51. The molecule has 1 heterocycles. The van der Waals surface area contributed by atoms with Gasteiger partial charge in [-0.3, -0.25) is 0 Å². The van der Waals surface area contributed by atoms with Gasteiger partial charge in [0, 0.05) is 11.8 Å². The van der Waals surface area contributed by atoms with Crippen LogP contribution in [-0.4, -0.2) is 19.3 Å². The molecular formula is C11H12Br2O2. The fourth-order valence-electron chi connectivity index (χ4n) is 1.51. The molecule has 1 aliphatic rings. The summed E-state index contributed by atoms with van der Waals surface area (Å²) in [5, 5.41) is 0.860. The van der Waals surface area contributed by atoms with Crippen molar-refractivity contribution in [1.82, 2.24) is 0 Å². The van der Waals surface area contributed by atoms with Crippen LogP contribution in [0.3, 0.4) is 0 Å². The number of rotatable bonds is 3. The standard InChI is InChI=1S/C11H12Br2O2/c12-6-8-1-2-11(10(13)5-8)15-9-3-4-14-7-9/h1-2,5,9H,3-4,6-7H2. The largest absolute Gasteiger partial charge is 0.487 e. The SMILES string of the molecule is BrCc1ccc(OC2CCOC2)c(Br)c1. The molecule has 0 aliphatic carbocycles. The Morgan fingerprint density at radius 2 is 2.33 bits per heavy atom. The molecule has 0 spiro atoms. The number of ether oxygens (including phenoxy) is 2. The second kappa shape index (κ2) is 5.32. The monoisotopic (exact) mass is 334 g/mol. The van der Waals surface area contributed by atoms with Gasteiger partial charge in [-0.2, -0.15) is 0 Å². The fraction of sp³-hybridized carbons (Fsp3) is 0.455. The van der Waals surface area contributed by atoms with Gasteiger partial charge in [0.25, 0.3) is 0 Å². The molecule has 1 aliphatic heterocycles. The first-order chi connectivity index (χ1) is 7.29. The second-order valence-corrected chi connectivity index (χ2v) is 4.92. The molecular weight excluding hydrogens is 324 g/mol. The first-order valence-corrected chi connectivity index (χ1v) is 6.80. The number of hydrogen-bond acceptors (Lipinski definition) is 2. The van der Waals surface area contributed by atoms with Gasteiger partial charge in [0.1, 0.15) is 11.9 Å². The van der Waals surface area contributed by atoms with Gasteiger partial charge < -0.3 is 9.47 Å². The lowest BCUT2D eigenvalue weighted by Gasteiger charge is -2.13. The van der Waals surface area contributed by atoms with Crippen LogP contribution < -0.4 is 4.74 Å². The van der Waals surface area contributed by atoms with Gasteiger partial charge in [0.2, 0.25) is 0 Å². The zero-order valence-corrected chi connectivity index (χ0v) is 11.4. The second-order valence-electron chi connectivity index (χ2n) is 3.50. The van der Waals surface area contributed by atoms with Crippen molar-refractivity contribution in [3.63, 3.8) is 0 Å². The van der Waals surface area contributed by atoms with Crippen molar-refractivity contribution in [3.8, 4) is 5.75 Å². The molecule has 1 aromatic carbocycles. The topological polar surface area (TPSA) is 18.5 Å². The van der Waals surface area contributed by atoms with Crippen molar-refractivity contribution in [2.45, 2.75) is 17.9 Å². The minimum Gasteiger partial charge on any atom is -0.487 e. The van der Waals surface area contributed by atoms with E-state index in [-0.39, 0.29) is 6.10 Å². The van der Waals surface area contributed by atoms with Crippen LogP contribution in [0.25, 0.3) is 0 Å². The molecule has 0 saturated carbocycles. The average molecular weight is 336 g/mol. The molecule has 4 heteroatoms. The Bertz CT molecular complexity index is 335. The Labute approximate surface area is 106 Å². The third kappa shape index (κ3) is 2.95. The molecule has 0 N–H and O–H groups in total. The highest BCUT2D eigenvalue weighted by atomic mass is 79.9. The maximum atomic E-state index is 5.82. The van der Waals surface area contributed by atoms with Crippen molar-refractivity contribution in [3.05, 3.63) is 28.2 Å². The van der Waals surface area contributed by atoms with E-state index in [0.717, 1.165) is 28.6 Å². The summed E-state index contributed by atoms with van der Waals surface area (Å²) in [7, 11) is 0. The molecule has 0 radical (unpaired) electrons. The summed E-state index contributed by atoms with van der Waals surface area (Å²) in [5.74, 6) is 0.898. The molecule has 2 rings (SSSR count). The molecule has 1 aromatic rings. The van der Waals surface area contributed by atoms with E-state index in [2.05, 4.69) is 44.0 Å². The summed E-state index contributed by atoms with van der Waals surface area (Å²) in [4.78, 5) is 0. The first-order valence-electron chi connectivity index (χ1n) is 4.88. The Morgan fingerprint density at radius 3 is 2.93 bits per heavy atom. The highest BCUT2D eigenvalue weighted by molar-refractivity contribution is 9.10. The van der Waals surface area contributed by atoms with E-state index in [1.54, 1.807) is 0 Å². The molecule has 0 amide bonds. The molecule has 0 aromatic heterocycles. The molecule has 1 saturated heterocycles. The minimum atomic E-state index is 0.205.